The quantitative estimate of drug-likeness (QED) is 0.409. The average Bonchev–Trinajstić information content (AvgIpc) is 2.17. The number of hydrogen-bond acceptors (Lipinski definition) is 2. The second kappa shape index (κ2) is 5.49. The van der Waals surface area contributed by atoms with Crippen LogP contribution in [-0.2, 0) is 4.79 Å². The topological polar surface area (TPSA) is 20.3 Å². The molecule has 0 radical (unpaired) electrons. The number of carbonyl (C=O) groups excluding carboxylic acids is 1. The summed E-state index contributed by atoms with van der Waals surface area (Å²) in [5.74, 6) is 0.315. The van der Waals surface area contributed by atoms with E-state index in [0.29, 0.717) is 5.78 Å². The van der Waals surface area contributed by atoms with Crippen molar-refractivity contribution in [2.24, 2.45) is 0 Å². The predicted molar refractivity (Wildman–Crippen MR) is 60.4 cm³/mol. The Balaban J connectivity index is 0.00000128. The van der Waals surface area contributed by atoms with E-state index in [-0.39, 0.29) is 24.0 Å². The lowest BCUT2D eigenvalue weighted by molar-refractivity contribution is -0.894. The van der Waals surface area contributed by atoms with Crippen LogP contribution in [-0.4, -0.2) is 55.4 Å². The molecular weight excluding hydrogens is 315 g/mol. The SMILES string of the molecule is C[N+]1(C)CCN(C2=CC(=O)CCC2)CC1.[I-]. The first-order valence-corrected chi connectivity index (χ1v) is 5.87. The number of hydrogen-bond donors (Lipinski definition) is 0. The number of nitrogens with zero attached hydrogens (tertiary/aromatic N) is 2. The summed E-state index contributed by atoms with van der Waals surface area (Å²) < 4.78 is 1.11. The maximum absolute atomic E-state index is 11.3. The number of halogens is 1. The van der Waals surface area contributed by atoms with Crippen LogP contribution in [0.15, 0.2) is 11.8 Å². The van der Waals surface area contributed by atoms with Crippen molar-refractivity contribution in [1.29, 1.82) is 0 Å². The van der Waals surface area contributed by atoms with Gasteiger partial charge in [-0.05, 0) is 12.8 Å². The minimum absolute atomic E-state index is 0. The maximum atomic E-state index is 11.3. The van der Waals surface area contributed by atoms with Gasteiger partial charge in [0.15, 0.2) is 5.78 Å². The molecule has 0 amide bonds. The van der Waals surface area contributed by atoms with E-state index in [1.165, 1.54) is 18.8 Å². The fourth-order valence-corrected chi connectivity index (χ4v) is 2.32. The number of ketones is 1. The molecule has 16 heavy (non-hydrogen) atoms. The highest BCUT2D eigenvalue weighted by molar-refractivity contribution is 5.91. The smallest absolute Gasteiger partial charge is 0.157 e. The van der Waals surface area contributed by atoms with E-state index in [0.717, 1.165) is 36.8 Å². The van der Waals surface area contributed by atoms with E-state index in [9.17, 15) is 4.79 Å². The maximum Gasteiger partial charge on any atom is 0.157 e. The Morgan fingerprint density at radius 1 is 1.19 bits per heavy atom. The molecule has 2 rings (SSSR count). The van der Waals surface area contributed by atoms with E-state index in [1.807, 2.05) is 6.08 Å². The van der Waals surface area contributed by atoms with Gasteiger partial charge in [-0.2, -0.15) is 0 Å². The van der Waals surface area contributed by atoms with Crippen LogP contribution in [0.1, 0.15) is 19.3 Å². The summed E-state index contributed by atoms with van der Waals surface area (Å²) in [5, 5.41) is 0. The second-order valence-electron chi connectivity index (χ2n) is 5.33. The summed E-state index contributed by atoms with van der Waals surface area (Å²) in [6.07, 6.45) is 4.76. The van der Waals surface area contributed by atoms with Gasteiger partial charge in [-0.1, -0.05) is 0 Å². The zero-order valence-corrected chi connectivity index (χ0v) is 12.4. The first-order valence-electron chi connectivity index (χ1n) is 5.87. The van der Waals surface area contributed by atoms with Crippen molar-refractivity contribution < 1.29 is 33.3 Å². The van der Waals surface area contributed by atoms with Crippen LogP contribution >= 0.6 is 0 Å². The van der Waals surface area contributed by atoms with Crippen molar-refractivity contribution >= 4 is 5.78 Å². The molecule has 2 aliphatic rings. The van der Waals surface area contributed by atoms with Gasteiger partial charge in [-0.25, -0.2) is 0 Å². The Labute approximate surface area is 115 Å². The molecule has 0 N–H and O–H groups in total. The van der Waals surface area contributed by atoms with Crippen LogP contribution in [0, 0.1) is 0 Å². The lowest BCUT2D eigenvalue weighted by Crippen LogP contribution is -3.00. The first-order chi connectivity index (χ1) is 7.07. The summed E-state index contributed by atoms with van der Waals surface area (Å²) in [4.78, 5) is 13.7. The lowest BCUT2D eigenvalue weighted by atomic mass is 10.0. The molecular formula is C12H21IN2O. The Kier molecular flexibility index (Phi) is 4.79. The highest BCUT2D eigenvalue weighted by Crippen LogP contribution is 2.21. The average molecular weight is 336 g/mol. The van der Waals surface area contributed by atoms with E-state index in [4.69, 9.17) is 0 Å². The third-order valence-electron chi connectivity index (χ3n) is 3.54. The second-order valence-corrected chi connectivity index (χ2v) is 5.33. The summed E-state index contributed by atoms with van der Waals surface area (Å²) >= 11 is 0. The number of quaternary nitrogens is 1. The number of piperazine rings is 1. The van der Waals surface area contributed by atoms with E-state index in [1.54, 1.807) is 0 Å². The molecule has 1 heterocycles. The molecule has 4 heteroatoms. The van der Waals surface area contributed by atoms with Gasteiger partial charge in [-0.3, -0.25) is 4.79 Å². The molecule has 0 unspecified atom stereocenters. The molecule has 1 saturated heterocycles. The van der Waals surface area contributed by atoms with Gasteiger partial charge in [0.05, 0.1) is 40.3 Å². The lowest BCUT2D eigenvalue weighted by Gasteiger charge is -2.41. The largest absolute Gasteiger partial charge is 1.00 e. The molecule has 1 fully saturated rings. The van der Waals surface area contributed by atoms with Gasteiger partial charge < -0.3 is 33.4 Å². The third kappa shape index (κ3) is 3.45. The summed E-state index contributed by atoms with van der Waals surface area (Å²) in [5.41, 5.74) is 1.28. The normalized spacial score (nSPS) is 24.8. The van der Waals surface area contributed by atoms with Crippen LogP contribution in [0.25, 0.3) is 0 Å². The molecule has 0 atom stereocenters. The molecule has 0 saturated carbocycles. The van der Waals surface area contributed by atoms with Gasteiger partial charge >= 0.3 is 0 Å². The number of carbonyl (C=O) groups is 1. The van der Waals surface area contributed by atoms with Gasteiger partial charge in [0.25, 0.3) is 0 Å². The van der Waals surface area contributed by atoms with E-state index in [2.05, 4.69) is 19.0 Å². The molecule has 1 aliphatic heterocycles. The number of allylic oxidation sites excluding steroid dienone is 2. The van der Waals surface area contributed by atoms with Gasteiger partial charge in [-0.15, -0.1) is 0 Å². The van der Waals surface area contributed by atoms with Crippen molar-refractivity contribution in [3.05, 3.63) is 11.8 Å². The first kappa shape index (κ1) is 14.0. The van der Waals surface area contributed by atoms with E-state index < -0.39 is 0 Å². The van der Waals surface area contributed by atoms with Crippen LogP contribution in [0.5, 0.6) is 0 Å². The standard InChI is InChI=1S/C12H21N2O.HI/c1-14(2)8-6-13(7-9-14)11-4-3-5-12(15)10-11;/h10H,3-9H2,1-2H3;1H/q+1;/p-1. The van der Waals surface area contributed by atoms with Crippen molar-refractivity contribution in [3.63, 3.8) is 0 Å². The summed E-state index contributed by atoms with van der Waals surface area (Å²) in [6.45, 7) is 4.58. The Hall–Kier alpha value is -0.100. The van der Waals surface area contributed by atoms with E-state index >= 15 is 0 Å². The molecule has 0 bridgehead atoms. The van der Waals surface area contributed by atoms with Gasteiger partial charge in [0, 0.05) is 18.2 Å². The van der Waals surface area contributed by atoms with Crippen molar-refractivity contribution in [2.75, 3.05) is 40.3 Å². The Morgan fingerprint density at radius 2 is 1.81 bits per heavy atom. The fraction of sp³-hybridized carbons (Fsp3) is 0.750. The molecule has 0 aromatic carbocycles. The van der Waals surface area contributed by atoms with Crippen molar-refractivity contribution in [2.45, 2.75) is 19.3 Å². The number of rotatable bonds is 1. The zero-order chi connectivity index (χ0) is 10.9. The Morgan fingerprint density at radius 3 is 2.38 bits per heavy atom. The Bertz CT molecular complexity index is 289. The van der Waals surface area contributed by atoms with Crippen LogP contribution in [0.3, 0.4) is 0 Å². The zero-order valence-electron chi connectivity index (χ0n) is 10.2. The number of likely N-dealkylation sites (N-methyl/N-ethyl adjacent to an activating group) is 1. The van der Waals surface area contributed by atoms with Crippen LogP contribution < -0.4 is 24.0 Å². The monoisotopic (exact) mass is 336 g/mol. The van der Waals surface area contributed by atoms with Gasteiger partial charge in [0.2, 0.25) is 0 Å². The molecule has 0 spiro atoms. The molecule has 1 aliphatic carbocycles. The molecule has 0 aromatic rings. The van der Waals surface area contributed by atoms with Crippen molar-refractivity contribution in [1.82, 2.24) is 4.90 Å². The molecule has 3 nitrogen and oxygen atoms in total. The fourth-order valence-electron chi connectivity index (χ4n) is 2.32. The van der Waals surface area contributed by atoms with Crippen molar-refractivity contribution in [3.8, 4) is 0 Å². The minimum atomic E-state index is 0. The molecule has 92 valence electrons. The highest BCUT2D eigenvalue weighted by Gasteiger charge is 2.26. The minimum Gasteiger partial charge on any atom is -1.00 e. The summed E-state index contributed by atoms with van der Waals surface area (Å²) in [6, 6.07) is 0. The van der Waals surface area contributed by atoms with Crippen LogP contribution in [0.2, 0.25) is 0 Å². The molecule has 0 aromatic heterocycles. The summed E-state index contributed by atoms with van der Waals surface area (Å²) in [7, 11) is 4.55. The third-order valence-corrected chi connectivity index (χ3v) is 3.54. The highest BCUT2D eigenvalue weighted by atomic mass is 127. The van der Waals surface area contributed by atoms with Gasteiger partial charge in [0.1, 0.15) is 0 Å². The van der Waals surface area contributed by atoms with Crippen LogP contribution in [0.4, 0.5) is 0 Å². The predicted octanol–water partition coefficient (Wildman–Crippen LogP) is -1.98.